The molecule has 0 saturated carbocycles. The molecule has 2 saturated heterocycles. The summed E-state index contributed by atoms with van der Waals surface area (Å²) in [5, 5.41) is 3.95. The van der Waals surface area contributed by atoms with Crippen LogP contribution in [0, 0.1) is 0 Å². The average Bonchev–Trinajstić information content (AvgIpc) is 3.50. The smallest absolute Gasteiger partial charge is 0.325 e. The lowest BCUT2D eigenvalue weighted by atomic mass is 9.92. The van der Waals surface area contributed by atoms with E-state index in [4.69, 9.17) is 4.98 Å². The molecular formula is C25H24N4O3S. The fraction of sp³-hybridized carbons (Fsp3) is 0.360. The summed E-state index contributed by atoms with van der Waals surface area (Å²) in [6.07, 6.45) is 3.13. The van der Waals surface area contributed by atoms with Crippen molar-refractivity contribution in [3.8, 4) is 0 Å². The first-order chi connectivity index (χ1) is 16.0. The highest BCUT2D eigenvalue weighted by Gasteiger charge is 2.55. The maximum absolute atomic E-state index is 13.4. The van der Waals surface area contributed by atoms with Gasteiger partial charge in [-0.3, -0.25) is 14.5 Å². The van der Waals surface area contributed by atoms with E-state index in [1.807, 2.05) is 42.5 Å². The Kier molecular flexibility index (Phi) is 4.72. The molecule has 1 aliphatic carbocycles. The number of nitrogens with one attached hydrogen (secondary N) is 1. The van der Waals surface area contributed by atoms with Crippen LogP contribution in [0.4, 0.5) is 4.79 Å². The first kappa shape index (κ1) is 20.4. The Labute approximate surface area is 195 Å². The van der Waals surface area contributed by atoms with Gasteiger partial charge in [0.05, 0.1) is 15.2 Å². The van der Waals surface area contributed by atoms with Crippen LogP contribution in [0.25, 0.3) is 10.2 Å². The molecule has 3 aromatic rings. The van der Waals surface area contributed by atoms with Gasteiger partial charge in [-0.2, -0.15) is 0 Å². The summed E-state index contributed by atoms with van der Waals surface area (Å²) >= 11 is 1.68. The molecule has 0 bridgehead atoms. The molecule has 1 N–H and O–H groups in total. The van der Waals surface area contributed by atoms with Crippen molar-refractivity contribution in [3.05, 3.63) is 64.7 Å². The highest BCUT2D eigenvalue weighted by atomic mass is 32.1. The third kappa shape index (κ3) is 3.23. The van der Waals surface area contributed by atoms with Gasteiger partial charge < -0.3 is 10.2 Å². The van der Waals surface area contributed by atoms with Crippen LogP contribution in [0.15, 0.2) is 48.5 Å². The molecule has 6 rings (SSSR count). The van der Waals surface area contributed by atoms with E-state index in [0.717, 1.165) is 50.5 Å². The lowest BCUT2D eigenvalue weighted by Gasteiger charge is -2.32. The Morgan fingerprint density at radius 2 is 1.97 bits per heavy atom. The highest BCUT2D eigenvalue weighted by molar-refractivity contribution is 7.18. The van der Waals surface area contributed by atoms with Crippen molar-refractivity contribution >= 4 is 39.4 Å². The molecule has 2 aromatic carbocycles. The van der Waals surface area contributed by atoms with Gasteiger partial charge in [-0.25, -0.2) is 9.78 Å². The molecule has 1 spiro atoms. The van der Waals surface area contributed by atoms with Crippen molar-refractivity contribution in [1.29, 1.82) is 0 Å². The van der Waals surface area contributed by atoms with Crippen LogP contribution in [0.2, 0.25) is 0 Å². The number of aromatic nitrogens is 1. The predicted molar refractivity (Wildman–Crippen MR) is 125 cm³/mol. The lowest BCUT2D eigenvalue weighted by molar-refractivity contribution is -0.139. The number of piperidine rings is 1. The minimum absolute atomic E-state index is 0.177. The zero-order valence-electron chi connectivity index (χ0n) is 18.1. The van der Waals surface area contributed by atoms with Gasteiger partial charge in [0.2, 0.25) is 5.91 Å². The summed E-state index contributed by atoms with van der Waals surface area (Å²) in [4.78, 5) is 47.0. The summed E-state index contributed by atoms with van der Waals surface area (Å²) in [7, 11) is 0. The van der Waals surface area contributed by atoms with E-state index in [9.17, 15) is 14.4 Å². The van der Waals surface area contributed by atoms with Crippen LogP contribution < -0.4 is 5.32 Å². The number of para-hydroxylation sites is 1. The molecule has 1 aromatic heterocycles. The van der Waals surface area contributed by atoms with Gasteiger partial charge in [0, 0.05) is 19.0 Å². The minimum atomic E-state index is -1.03. The number of imide groups is 1. The zero-order chi connectivity index (χ0) is 22.6. The number of likely N-dealkylation sites (tertiary alicyclic amines) is 1. The average molecular weight is 461 g/mol. The fourth-order valence-electron chi connectivity index (χ4n) is 5.44. The van der Waals surface area contributed by atoms with Crippen LogP contribution in [0.5, 0.6) is 0 Å². The largest absolute Gasteiger partial charge is 0.340 e. The molecule has 2 fully saturated rings. The molecule has 168 valence electrons. The van der Waals surface area contributed by atoms with Gasteiger partial charge >= 0.3 is 6.03 Å². The molecule has 33 heavy (non-hydrogen) atoms. The number of thiazole rings is 1. The number of benzene rings is 2. The topological polar surface area (TPSA) is 82.6 Å². The van der Waals surface area contributed by atoms with Crippen LogP contribution in [0.3, 0.4) is 0 Å². The van der Waals surface area contributed by atoms with E-state index < -0.39 is 11.6 Å². The summed E-state index contributed by atoms with van der Waals surface area (Å²) in [5.41, 5.74) is 1.89. The summed E-state index contributed by atoms with van der Waals surface area (Å²) in [6.45, 7) is 0.981. The number of urea groups is 1. The number of hydrogen-bond donors (Lipinski definition) is 1. The van der Waals surface area contributed by atoms with Crippen molar-refractivity contribution in [3.63, 3.8) is 0 Å². The molecule has 0 radical (unpaired) electrons. The van der Waals surface area contributed by atoms with Gasteiger partial charge in [-0.05, 0) is 48.9 Å². The van der Waals surface area contributed by atoms with Crippen LogP contribution in [0.1, 0.15) is 41.3 Å². The molecule has 2 unspecified atom stereocenters. The second kappa shape index (κ2) is 7.66. The van der Waals surface area contributed by atoms with Gasteiger partial charge in [-0.1, -0.05) is 36.4 Å². The standard InChI is InChI=1S/C25H24N4O3S/c30-21(28-13-5-7-17(14-28)22-26-19-9-3-4-10-20(19)33-22)15-29-23(31)25(27-24(29)32)12-11-16-6-1-2-8-18(16)25/h1-4,6,8-10,17H,5,7,11-15H2,(H,27,32). The summed E-state index contributed by atoms with van der Waals surface area (Å²) < 4.78 is 1.15. The molecular weight excluding hydrogens is 436 g/mol. The molecule has 8 heteroatoms. The lowest BCUT2D eigenvalue weighted by Crippen LogP contribution is -2.47. The van der Waals surface area contributed by atoms with Gasteiger partial charge in [0.1, 0.15) is 12.1 Å². The monoisotopic (exact) mass is 460 g/mol. The predicted octanol–water partition coefficient (Wildman–Crippen LogP) is 3.40. The van der Waals surface area contributed by atoms with E-state index in [1.54, 1.807) is 16.2 Å². The van der Waals surface area contributed by atoms with Gasteiger partial charge in [0.15, 0.2) is 0 Å². The summed E-state index contributed by atoms with van der Waals surface area (Å²) in [5.74, 6) is -0.325. The minimum Gasteiger partial charge on any atom is -0.340 e. The number of hydrogen-bond acceptors (Lipinski definition) is 5. The molecule has 7 nitrogen and oxygen atoms in total. The Morgan fingerprint density at radius 1 is 1.15 bits per heavy atom. The first-order valence-electron chi connectivity index (χ1n) is 11.4. The van der Waals surface area contributed by atoms with Crippen LogP contribution >= 0.6 is 11.3 Å². The fourth-order valence-corrected chi connectivity index (χ4v) is 6.53. The van der Waals surface area contributed by atoms with E-state index >= 15 is 0 Å². The number of fused-ring (bicyclic) bond motifs is 3. The Hall–Kier alpha value is -3.26. The number of aryl methyl sites for hydroxylation is 1. The molecule has 3 aliphatic rings. The molecule has 2 aliphatic heterocycles. The van der Waals surface area contributed by atoms with Crippen molar-refractivity contribution < 1.29 is 14.4 Å². The second-order valence-electron chi connectivity index (χ2n) is 9.08. The van der Waals surface area contributed by atoms with Crippen molar-refractivity contribution in [1.82, 2.24) is 20.1 Å². The molecule has 2 atom stereocenters. The SMILES string of the molecule is O=C(CN1C(=O)NC2(CCc3ccccc32)C1=O)N1CCCC(c2nc3ccccc3s2)C1. The number of amides is 4. The second-order valence-corrected chi connectivity index (χ2v) is 10.1. The zero-order valence-corrected chi connectivity index (χ0v) is 18.9. The molecule has 3 heterocycles. The third-order valence-corrected chi connectivity index (χ3v) is 8.35. The van der Waals surface area contributed by atoms with E-state index in [0.29, 0.717) is 19.5 Å². The third-order valence-electron chi connectivity index (χ3n) is 7.15. The van der Waals surface area contributed by atoms with Crippen molar-refractivity contribution in [2.24, 2.45) is 0 Å². The number of rotatable bonds is 3. The van der Waals surface area contributed by atoms with Gasteiger partial charge in [0.25, 0.3) is 5.91 Å². The highest BCUT2D eigenvalue weighted by Crippen LogP contribution is 2.41. The Morgan fingerprint density at radius 3 is 2.85 bits per heavy atom. The number of nitrogens with zero attached hydrogens (tertiary/aromatic N) is 3. The van der Waals surface area contributed by atoms with Gasteiger partial charge in [-0.15, -0.1) is 11.3 Å². The van der Waals surface area contributed by atoms with Crippen LogP contribution in [-0.2, 0) is 21.5 Å². The Balaban J connectivity index is 1.18. The number of carbonyl (C=O) groups excluding carboxylic acids is 3. The normalized spacial score (nSPS) is 24.5. The van der Waals surface area contributed by atoms with Crippen molar-refractivity contribution in [2.75, 3.05) is 19.6 Å². The Bertz CT molecular complexity index is 1250. The quantitative estimate of drug-likeness (QED) is 0.608. The van der Waals surface area contributed by atoms with Crippen LogP contribution in [-0.4, -0.2) is 52.3 Å². The van der Waals surface area contributed by atoms with E-state index in [2.05, 4.69) is 11.4 Å². The maximum atomic E-state index is 13.4. The van der Waals surface area contributed by atoms with Crippen molar-refractivity contribution in [2.45, 2.75) is 37.1 Å². The summed E-state index contributed by atoms with van der Waals surface area (Å²) in [6, 6.07) is 15.3. The van der Waals surface area contributed by atoms with E-state index in [-0.39, 0.29) is 24.3 Å². The molecule has 4 amide bonds. The maximum Gasteiger partial charge on any atom is 0.325 e. The number of carbonyl (C=O) groups is 3. The first-order valence-corrected chi connectivity index (χ1v) is 12.2. The van der Waals surface area contributed by atoms with E-state index in [1.165, 1.54) is 0 Å².